The number of rotatable bonds is 6. The summed E-state index contributed by atoms with van der Waals surface area (Å²) in [5, 5.41) is 0.843. The van der Waals surface area contributed by atoms with E-state index in [4.69, 9.17) is 11.6 Å². The van der Waals surface area contributed by atoms with E-state index in [2.05, 4.69) is 71.4 Å². The van der Waals surface area contributed by atoms with E-state index in [1.807, 2.05) is 0 Å². The zero-order valence-electron chi connectivity index (χ0n) is 16.4. The largest absolute Gasteiger partial charge is 0.374 e. The van der Waals surface area contributed by atoms with Gasteiger partial charge >= 0.3 is 0 Å². The molecular weight excluding hydrogens is 352 g/mol. The van der Waals surface area contributed by atoms with Gasteiger partial charge in [0.1, 0.15) is 0 Å². The second-order valence-electron chi connectivity index (χ2n) is 8.60. The van der Waals surface area contributed by atoms with Gasteiger partial charge < -0.3 is 9.80 Å². The molecule has 0 radical (unpaired) electrons. The summed E-state index contributed by atoms with van der Waals surface area (Å²) in [4.78, 5) is 5.16. The second kappa shape index (κ2) is 8.24. The first-order valence-corrected chi connectivity index (χ1v) is 10.8. The summed E-state index contributed by atoms with van der Waals surface area (Å²) in [5.74, 6) is 0.756. The number of nitrogens with zero attached hydrogens (tertiary/aromatic N) is 2. The fourth-order valence-corrected chi connectivity index (χ4v) is 5.12. The maximum Gasteiger partial charge on any atom is 0.0406 e. The number of hydrogen-bond donors (Lipinski definition) is 0. The van der Waals surface area contributed by atoms with Crippen molar-refractivity contribution in [2.75, 3.05) is 38.1 Å². The topological polar surface area (TPSA) is 6.48 Å². The van der Waals surface area contributed by atoms with Crippen LogP contribution in [0.2, 0.25) is 5.02 Å². The molecule has 2 aromatic carbocycles. The minimum absolute atomic E-state index is 0.359. The Bertz CT molecular complexity index is 724. The molecule has 2 aromatic rings. The van der Waals surface area contributed by atoms with Gasteiger partial charge in [-0.3, -0.25) is 0 Å². The van der Waals surface area contributed by atoms with Crippen LogP contribution in [-0.2, 0) is 5.41 Å². The molecule has 3 heteroatoms. The van der Waals surface area contributed by atoms with Gasteiger partial charge in [-0.2, -0.15) is 0 Å². The van der Waals surface area contributed by atoms with Crippen LogP contribution < -0.4 is 4.90 Å². The molecule has 27 heavy (non-hydrogen) atoms. The highest BCUT2D eigenvalue weighted by atomic mass is 35.5. The molecule has 1 aliphatic heterocycles. The van der Waals surface area contributed by atoms with Gasteiger partial charge in [-0.1, -0.05) is 48.4 Å². The lowest BCUT2D eigenvalue weighted by Gasteiger charge is -2.47. The molecule has 0 amide bonds. The summed E-state index contributed by atoms with van der Waals surface area (Å²) in [5.41, 5.74) is 3.17. The minimum Gasteiger partial charge on any atom is -0.374 e. The first-order chi connectivity index (χ1) is 13.1. The minimum atomic E-state index is 0.359. The normalized spacial score (nSPS) is 22.2. The van der Waals surface area contributed by atoms with Crippen molar-refractivity contribution in [3.8, 4) is 0 Å². The van der Waals surface area contributed by atoms with E-state index in [1.165, 1.54) is 63.0 Å². The van der Waals surface area contributed by atoms with Gasteiger partial charge in [0.15, 0.2) is 0 Å². The lowest BCUT2D eigenvalue weighted by Crippen LogP contribution is -2.49. The first-order valence-electron chi connectivity index (χ1n) is 10.4. The van der Waals surface area contributed by atoms with E-state index >= 15 is 0 Å². The Kier molecular flexibility index (Phi) is 5.75. The maximum absolute atomic E-state index is 6.12. The quantitative estimate of drug-likeness (QED) is 0.640. The third-order valence-electron chi connectivity index (χ3n) is 6.63. The van der Waals surface area contributed by atoms with Gasteiger partial charge in [-0.05, 0) is 68.0 Å². The number of piperidine rings is 1. The molecule has 1 atom stereocenters. The maximum atomic E-state index is 6.12. The molecule has 0 unspecified atom stereocenters. The summed E-state index contributed by atoms with van der Waals surface area (Å²) in [6.07, 6.45) is 6.67. The van der Waals surface area contributed by atoms with E-state index < -0.39 is 0 Å². The van der Waals surface area contributed by atoms with Crippen molar-refractivity contribution < 1.29 is 0 Å². The summed E-state index contributed by atoms with van der Waals surface area (Å²) in [6.45, 7) is 4.84. The van der Waals surface area contributed by atoms with E-state index in [9.17, 15) is 0 Å². The van der Waals surface area contributed by atoms with E-state index in [0.717, 1.165) is 17.5 Å². The van der Waals surface area contributed by atoms with E-state index in [0.29, 0.717) is 5.41 Å². The summed E-state index contributed by atoms with van der Waals surface area (Å²) >= 11 is 6.12. The van der Waals surface area contributed by atoms with Crippen molar-refractivity contribution in [3.63, 3.8) is 0 Å². The number of likely N-dealkylation sites (tertiary alicyclic amines) is 1. The zero-order valence-corrected chi connectivity index (χ0v) is 17.2. The molecule has 0 N–H and O–H groups in total. The van der Waals surface area contributed by atoms with Crippen LogP contribution in [0, 0.1) is 5.92 Å². The number of halogens is 1. The molecule has 0 spiro atoms. The van der Waals surface area contributed by atoms with Crippen LogP contribution in [0.4, 0.5) is 5.69 Å². The van der Waals surface area contributed by atoms with Crippen LogP contribution >= 0.6 is 11.6 Å². The summed E-state index contributed by atoms with van der Waals surface area (Å²) in [6, 6.07) is 19.4. The predicted molar refractivity (Wildman–Crippen MR) is 116 cm³/mol. The van der Waals surface area contributed by atoms with Crippen molar-refractivity contribution in [1.82, 2.24) is 4.90 Å². The van der Waals surface area contributed by atoms with E-state index in [-0.39, 0.29) is 0 Å². The highest BCUT2D eigenvalue weighted by molar-refractivity contribution is 6.30. The summed E-state index contributed by atoms with van der Waals surface area (Å²) in [7, 11) is 2.23. The van der Waals surface area contributed by atoms with Gasteiger partial charge in [0, 0.05) is 42.8 Å². The SMILES string of the molecule is CN(C[C@H]1CCCN(CC2(c3ccc(Cl)cc3)CCC2)C1)c1ccccc1. The first kappa shape index (κ1) is 18.8. The molecular formula is C24H31ClN2. The fourth-order valence-electron chi connectivity index (χ4n) is 4.99. The lowest BCUT2D eigenvalue weighted by molar-refractivity contribution is 0.101. The fraction of sp³-hybridized carbons (Fsp3) is 0.500. The van der Waals surface area contributed by atoms with Gasteiger partial charge in [0.2, 0.25) is 0 Å². The molecule has 4 rings (SSSR count). The Labute approximate surface area is 169 Å². The Morgan fingerprint density at radius 3 is 2.44 bits per heavy atom. The van der Waals surface area contributed by atoms with Crippen molar-refractivity contribution in [3.05, 3.63) is 65.2 Å². The van der Waals surface area contributed by atoms with Crippen molar-refractivity contribution in [1.29, 1.82) is 0 Å². The number of para-hydroxylation sites is 1. The molecule has 0 aromatic heterocycles. The molecule has 144 valence electrons. The molecule has 2 nitrogen and oxygen atoms in total. The van der Waals surface area contributed by atoms with Gasteiger partial charge in [-0.25, -0.2) is 0 Å². The van der Waals surface area contributed by atoms with Crippen LogP contribution in [0.1, 0.15) is 37.7 Å². The molecule has 1 heterocycles. The van der Waals surface area contributed by atoms with Gasteiger partial charge in [0.25, 0.3) is 0 Å². The molecule has 1 aliphatic carbocycles. The zero-order chi connectivity index (χ0) is 18.7. The molecule has 2 fully saturated rings. The summed E-state index contributed by atoms with van der Waals surface area (Å²) < 4.78 is 0. The number of benzene rings is 2. The average Bonchev–Trinajstić information content (AvgIpc) is 2.66. The van der Waals surface area contributed by atoms with Crippen LogP contribution in [-0.4, -0.2) is 38.1 Å². The predicted octanol–water partition coefficient (Wildman–Crippen LogP) is 5.61. The van der Waals surface area contributed by atoms with E-state index in [1.54, 1.807) is 0 Å². The van der Waals surface area contributed by atoms with Crippen molar-refractivity contribution in [2.24, 2.45) is 5.92 Å². The molecule has 1 saturated carbocycles. The Balaban J connectivity index is 1.38. The highest BCUT2D eigenvalue weighted by Gasteiger charge is 2.40. The van der Waals surface area contributed by atoms with Crippen LogP contribution in [0.15, 0.2) is 54.6 Å². The Hall–Kier alpha value is -1.51. The smallest absolute Gasteiger partial charge is 0.0406 e. The molecule has 2 aliphatic rings. The average molecular weight is 383 g/mol. The van der Waals surface area contributed by atoms with Gasteiger partial charge in [0.05, 0.1) is 0 Å². The standard InChI is InChI=1S/C24H31ClN2/c1-26(23-8-3-2-4-9-23)17-20-7-5-16-27(18-20)19-24(14-6-15-24)21-10-12-22(25)13-11-21/h2-4,8-13,20H,5-7,14-19H2,1H3/t20-/m1/s1. The highest BCUT2D eigenvalue weighted by Crippen LogP contribution is 2.45. The molecule has 0 bridgehead atoms. The van der Waals surface area contributed by atoms with Crippen LogP contribution in [0.25, 0.3) is 0 Å². The third kappa shape index (κ3) is 4.33. The Morgan fingerprint density at radius 1 is 1.04 bits per heavy atom. The van der Waals surface area contributed by atoms with Crippen LogP contribution in [0.5, 0.6) is 0 Å². The number of hydrogen-bond acceptors (Lipinski definition) is 2. The van der Waals surface area contributed by atoms with Gasteiger partial charge in [-0.15, -0.1) is 0 Å². The van der Waals surface area contributed by atoms with Crippen molar-refractivity contribution >= 4 is 17.3 Å². The third-order valence-corrected chi connectivity index (χ3v) is 6.88. The van der Waals surface area contributed by atoms with Crippen LogP contribution in [0.3, 0.4) is 0 Å². The second-order valence-corrected chi connectivity index (χ2v) is 9.04. The monoisotopic (exact) mass is 382 g/mol. The van der Waals surface area contributed by atoms with Crippen molar-refractivity contribution in [2.45, 2.75) is 37.5 Å². The lowest BCUT2D eigenvalue weighted by atomic mass is 9.64. The molecule has 1 saturated heterocycles. The number of anilines is 1. The Morgan fingerprint density at radius 2 is 1.78 bits per heavy atom.